The summed E-state index contributed by atoms with van der Waals surface area (Å²) in [7, 11) is 0. The number of aromatic nitrogens is 4. The fraction of sp³-hybridized carbons (Fsp3) is 0.316. The minimum atomic E-state index is -0.509. The maximum absolute atomic E-state index is 13.1. The molecule has 0 fully saturated rings. The van der Waals surface area contributed by atoms with E-state index in [4.69, 9.17) is 16.3 Å². The molecule has 1 N–H and O–H groups in total. The lowest BCUT2D eigenvalue weighted by atomic mass is 10.3. The van der Waals surface area contributed by atoms with E-state index in [2.05, 4.69) is 15.5 Å². The van der Waals surface area contributed by atoms with Gasteiger partial charge in [-0.15, -0.1) is 0 Å². The van der Waals surface area contributed by atoms with Gasteiger partial charge in [-0.2, -0.15) is 10.2 Å². The average molecular weight is 406 g/mol. The lowest BCUT2D eigenvalue weighted by Crippen LogP contribution is -2.26. The molecule has 0 unspecified atom stereocenters. The Morgan fingerprint density at radius 1 is 1.25 bits per heavy atom. The number of carbonyl (C=O) groups excluding carboxylic acids is 1. The molecule has 0 spiro atoms. The number of hydrogen-bond donors (Lipinski definition) is 1. The first-order valence-electron chi connectivity index (χ1n) is 8.83. The molecule has 0 saturated carbocycles. The van der Waals surface area contributed by atoms with Crippen LogP contribution in [0.15, 0.2) is 36.5 Å². The predicted molar refractivity (Wildman–Crippen MR) is 103 cm³/mol. The van der Waals surface area contributed by atoms with Gasteiger partial charge in [-0.3, -0.25) is 9.48 Å². The van der Waals surface area contributed by atoms with E-state index in [0.717, 1.165) is 24.4 Å². The summed E-state index contributed by atoms with van der Waals surface area (Å²) >= 11 is 5.71. The van der Waals surface area contributed by atoms with Crippen LogP contribution in [0.4, 0.5) is 4.39 Å². The minimum absolute atomic E-state index is 0.0153. The van der Waals surface area contributed by atoms with Crippen molar-refractivity contribution >= 4 is 17.5 Å². The molecule has 0 aliphatic heterocycles. The summed E-state index contributed by atoms with van der Waals surface area (Å²) in [4.78, 5) is 12.2. The molecule has 0 atom stereocenters. The molecule has 3 aromatic rings. The van der Waals surface area contributed by atoms with Crippen LogP contribution in [0.3, 0.4) is 0 Å². The monoisotopic (exact) mass is 405 g/mol. The number of benzene rings is 1. The third-order valence-electron chi connectivity index (χ3n) is 4.06. The van der Waals surface area contributed by atoms with Crippen molar-refractivity contribution in [3.8, 4) is 5.75 Å². The van der Waals surface area contributed by atoms with Crippen molar-refractivity contribution in [2.24, 2.45) is 0 Å². The van der Waals surface area contributed by atoms with E-state index in [1.807, 2.05) is 24.6 Å². The van der Waals surface area contributed by atoms with Gasteiger partial charge in [0.1, 0.15) is 17.3 Å². The number of ether oxygens (including phenoxy) is 1. The Morgan fingerprint density at radius 3 is 2.79 bits per heavy atom. The normalized spacial score (nSPS) is 10.9. The van der Waals surface area contributed by atoms with Gasteiger partial charge in [0.05, 0.1) is 10.7 Å². The zero-order chi connectivity index (χ0) is 20.1. The molecular formula is C19H21ClFN5O2. The first-order valence-corrected chi connectivity index (χ1v) is 9.21. The topological polar surface area (TPSA) is 74.0 Å². The second-order valence-corrected chi connectivity index (χ2v) is 6.76. The van der Waals surface area contributed by atoms with Crippen LogP contribution in [0.2, 0.25) is 5.02 Å². The molecule has 7 nitrogen and oxygen atoms in total. The van der Waals surface area contributed by atoms with Crippen LogP contribution in [0.1, 0.15) is 28.3 Å². The molecule has 9 heteroatoms. The second kappa shape index (κ2) is 8.88. The summed E-state index contributed by atoms with van der Waals surface area (Å²) in [5, 5.41) is 11.4. The molecule has 1 amide bonds. The Balaban J connectivity index is 1.44. The van der Waals surface area contributed by atoms with Crippen molar-refractivity contribution in [2.75, 3.05) is 6.54 Å². The van der Waals surface area contributed by atoms with Gasteiger partial charge in [0, 0.05) is 31.0 Å². The molecule has 28 heavy (non-hydrogen) atoms. The van der Waals surface area contributed by atoms with Crippen molar-refractivity contribution in [3.05, 3.63) is 64.5 Å². The first-order chi connectivity index (χ1) is 13.4. The van der Waals surface area contributed by atoms with E-state index in [1.54, 1.807) is 12.3 Å². The number of carbonyl (C=O) groups is 1. The third kappa shape index (κ3) is 5.10. The lowest BCUT2D eigenvalue weighted by Gasteiger charge is -2.07. The van der Waals surface area contributed by atoms with Gasteiger partial charge in [-0.25, -0.2) is 9.07 Å². The third-order valence-corrected chi connectivity index (χ3v) is 4.35. The highest BCUT2D eigenvalue weighted by molar-refractivity contribution is 6.30. The Bertz CT molecular complexity index is 969. The van der Waals surface area contributed by atoms with E-state index in [-0.39, 0.29) is 17.7 Å². The van der Waals surface area contributed by atoms with Crippen molar-refractivity contribution in [2.45, 2.75) is 33.5 Å². The fourth-order valence-corrected chi connectivity index (χ4v) is 2.86. The maximum atomic E-state index is 13.1. The highest BCUT2D eigenvalue weighted by atomic mass is 35.5. The van der Waals surface area contributed by atoms with Gasteiger partial charge in [0.25, 0.3) is 5.91 Å². The molecule has 2 aromatic heterocycles. The maximum Gasteiger partial charge on any atom is 0.271 e. The highest BCUT2D eigenvalue weighted by Crippen LogP contribution is 2.21. The number of halogens is 2. The zero-order valence-corrected chi connectivity index (χ0v) is 16.4. The fourth-order valence-electron chi connectivity index (χ4n) is 2.68. The van der Waals surface area contributed by atoms with E-state index in [9.17, 15) is 9.18 Å². The Labute approximate surface area is 167 Å². The molecule has 2 heterocycles. The predicted octanol–water partition coefficient (Wildman–Crippen LogP) is 3.35. The van der Waals surface area contributed by atoms with Crippen LogP contribution in [-0.4, -0.2) is 32.0 Å². The van der Waals surface area contributed by atoms with Crippen LogP contribution in [0, 0.1) is 19.7 Å². The van der Waals surface area contributed by atoms with Gasteiger partial charge in [0.15, 0.2) is 6.73 Å². The number of nitrogens with zero attached hydrogens (tertiary/aromatic N) is 4. The average Bonchev–Trinajstić information content (AvgIpc) is 3.26. The first kappa shape index (κ1) is 19.9. The number of aryl methyl sites for hydroxylation is 3. The van der Waals surface area contributed by atoms with Crippen LogP contribution in [0.5, 0.6) is 5.75 Å². The van der Waals surface area contributed by atoms with Crippen LogP contribution in [0.25, 0.3) is 0 Å². The van der Waals surface area contributed by atoms with Crippen molar-refractivity contribution in [1.82, 2.24) is 24.9 Å². The largest absolute Gasteiger partial charge is 0.471 e. The van der Waals surface area contributed by atoms with Gasteiger partial charge in [-0.05, 0) is 44.5 Å². The Hall–Kier alpha value is -2.87. The summed E-state index contributed by atoms with van der Waals surface area (Å²) in [6, 6.07) is 7.72. The van der Waals surface area contributed by atoms with E-state index < -0.39 is 5.82 Å². The molecule has 1 aromatic carbocycles. The van der Waals surface area contributed by atoms with Crippen LogP contribution in [-0.2, 0) is 13.3 Å². The van der Waals surface area contributed by atoms with Gasteiger partial charge < -0.3 is 10.1 Å². The van der Waals surface area contributed by atoms with Crippen molar-refractivity contribution < 1.29 is 13.9 Å². The quantitative estimate of drug-likeness (QED) is 0.583. The molecule has 148 valence electrons. The smallest absolute Gasteiger partial charge is 0.271 e. The second-order valence-electron chi connectivity index (χ2n) is 6.35. The summed E-state index contributed by atoms with van der Waals surface area (Å²) < 4.78 is 22.0. The van der Waals surface area contributed by atoms with Crippen molar-refractivity contribution in [1.29, 1.82) is 0 Å². The van der Waals surface area contributed by atoms with Gasteiger partial charge in [0.2, 0.25) is 0 Å². The summed E-state index contributed by atoms with van der Waals surface area (Å²) in [6.07, 6.45) is 2.40. The molecular weight excluding hydrogens is 385 g/mol. The number of hydrogen-bond acceptors (Lipinski definition) is 4. The van der Waals surface area contributed by atoms with E-state index in [0.29, 0.717) is 18.0 Å². The molecule has 0 saturated heterocycles. The summed E-state index contributed by atoms with van der Waals surface area (Å²) in [5.74, 6) is -0.348. The van der Waals surface area contributed by atoms with Gasteiger partial charge >= 0.3 is 0 Å². The SMILES string of the molecule is Cc1cc(C)n(CCCNC(=O)c2ccn(COc3ccc(F)c(Cl)c3)n2)n1. The summed E-state index contributed by atoms with van der Waals surface area (Å²) in [6.45, 7) is 5.30. The summed E-state index contributed by atoms with van der Waals surface area (Å²) in [5.41, 5.74) is 2.38. The number of rotatable bonds is 8. The van der Waals surface area contributed by atoms with E-state index >= 15 is 0 Å². The van der Waals surface area contributed by atoms with Crippen LogP contribution < -0.4 is 10.1 Å². The Morgan fingerprint density at radius 2 is 2.07 bits per heavy atom. The van der Waals surface area contributed by atoms with Crippen molar-refractivity contribution in [3.63, 3.8) is 0 Å². The molecule has 0 aliphatic rings. The minimum Gasteiger partial charge on any atom is -0.471 e. The lowest BCUT2D eigenvalue weighted by molar-refractivity contribution is 0.0945. The molecule has 0 radical (unpaired) electrons. The van der Waals surface area contributed by atoms with Gasteiger partial charge in [-0.1, -0.05) is 11.6 Å². The Kier molecular flexibility index (Phi) is 6.30. The molecule has 0 aliphatic carbocycles. The molecule has 0 bridgehead atoms. The number of nitrogens with one attached hydrogen (secondary N) is 1. The van der Waals surface area contributed by atoms with Crippen LogP contribution >= 0.6 is 11.6 Å². The standard InChI is InChI=1S/C19H21ClFN5O2/c1-13-10-14(2)26(23-13)8-3-7-22-19(27)18-6-9-25(24-18)12-28-15-4-5-17(21)16(20)11-15/h4-6,9-11H,3,7-8,12H2,1-2H3,(H,22,27). The zero-order valence-electron chi connectivity index (χ0n) is 15.7. The highest BCUT2D eigenvalue weighted by Gasteiger charge is 2.10. The molecule has 3 rings (SSSR count). The number of amides is 1. The van der Waals surface area contributed by atoms with E-state index in [1.165, 1.54) is 22.9 Å².